The summed E-state index contributed by atoms with van der Waals surface area (Å²) in [6.45, 7) is 4.81. The Bertz CT molecular complexity index is 1090. The van der Waals surface area contributed by atoms with Crippen molar-refractivity contribution in [2.24, 2.45) is 0 Å². The van der Waals surface area contributed by atoms with Crippen LogP contribution in [0.4, 0.5) is 0 Å². The Morgan fingerprint density at radius 1 is 1.16 bits per heavy atom. The number of nitrogens with one attached hydrogen (secondary N) is 2. The van der Waals surface area contributed by atoms with Crippen molar-refractivity contribution in [3.63, 3.8) is 0 Å². The first kappa shape index (κ1) is 21.9. The molecule has 0 amide bonds. The molecule has 5 N–H and O–H groups in total. The SMILES string of the molecule is O=c1[nH]c2c(O)ccc(C(O)(O)CNCCc3cccc(CN4CCOCC4)c3)c2s1. The van der Waals surface area contributed by atoms with E-state index >= 15 is 0 Å². The first-order valence-corrected chi connectivity index (χ1v) is 11.1. The number of rotatable bonds is 8. The number of aromatic nitrogens is 1. The lowest BCUT2D eigenvalue weighted by Gasteiger charge is -2.26. The Labute approximate surface area is 183 Å². The number of aromatic hydroxyl groups is 1. The minimum atomic E-state index is -2.17. The van der Waals surface area contributed by atoms with Crippen molar-refractivity contribution < 1.29 is 20.1 Å². The van der Waals surface area contributed by atoms with Crippen LogP contribution in [0.5, 0.6) is 5.75 Å². The number of nitrogens with zero attached hydrogens (tertiary/aromatic N) is 1. The van der Waals surface area contributed by atoms with Crippen LogP contribution in [0.3, 0.4) is 0 Å². The van der Waals surface area contributed by atoms with Gasteiger partial charge in [0.25, 0.3) is 0 Å². The second-order valence-corrected chi connectivity index (χ2v) is 8.79. The van der Waals surface area contributed by atoms with Gasteiger partial charge in [-0.2, -0.15) is 0 Å². The smallest absolute Gasteiger partial charge is 0.305 e. The van der Waals surface area contributed by atoms with Gasteiger partial charge in [-0.15, -0.1) is 0 Å². The van der Waals surface area contributed by atoms with Gasteiger partial charge in [-0.05, 0) is 36.2 Å². The largest absolute Gasteiger partial charge is 0.506 e. The fourth-order valence-corrected chi connectivity index (χ4v) is 4.76. The molecule has 31 heavy (non-hydrogen) atoms. The maximum Gasteiger partial charge on any atom is 0.305 e. The van der Waals surface area contributed by atoms with Gasteiger partial charge < -0.3 is 30.4 Å². The van der Waals surface area contributed by atoms with Gasteiger partial charge in [-0.25, -0.2) is 0 Å². The molecule has 2 heterocycles. The summed E-state index contributed by atoms with van der Waals surface area (Å²) < 4.78 is 5.74. The first-order chi connectivity index (χ1) is 14.9. The molecule has 4 rings (SSSR count). The molecule has 1 saturated heterocycles. The van der Waals surface area contributed by atoms with Gasteiger partial charge in [-0.3, -0.25) is 9.69 Å². The fraction of sp³-hybridized carbons (Fsp3) is 0.409. The molecule has 0 radical (unpaired) electrons. The summed E-state index contributed by atoms with van der Waals surface area (Å²) in [5, 5.41) is 34.2. The van der Waals surface area contributed by atoms with E-state index in [1.807, 2.05) is 0 Å². The normalized spacial score (nSPS) is 15.5. The molecule has 0 spiro atoms. The topological polar surface area (TPSA) is 118 Å². The van der Waals surface area contributed by atoms with Gasteiger partial charge >= 0.3 is 4.87 Å². The van der Waals surface area contributed by atoms with E-state index in [9.17, 15) is 20.1 Å². The number of phenolic OH excluding ortho intramolecular Hbond substituents is 1. The number of phenols is 1. The van der Waals surface area contributed by atoms with Crippen molar-refractivity contribution in [3.05, 3.63) is 62.8 Å². The minimum absolute atomic E-state index is 0.0992. The van der Waals surface area contributed by atoms with E-state index in [1.165, 1.54) is 23.3 Å². The van der Waals surface area contributed by atoms with Gasteiger partial charge in [0.2, 0.25) is 5.79 Å². The highest BCUT2D eigenvalue weighted by Crippen LogP contribution is 2.32. The third-order valence-electron chi connectivity index (χ3n) is 5.45. The first-order valence-electron chi connectivity index (χ1n) is 10.3. The quantitative estimate of drug-likeness (QED) is 0.260. The average Bonchev–Trinajstić information content (AvgIpc) is 3.14. The number of aliphatic hydroxyl groups is 2. The molecule has 0 aliphatic carbocycles. The molecule has 0 unspecified atom stereocenters. The van der Waals surface area contributed by atoms with E-state index < -0.39 is 5.79 Å². The van der Waals surface area contributed by atoms with Crippen LogP contribution >= 0.6 is 11.3 Å². The van der Waals surface area contributed by atoms with Crippen molar-refractivity contribution in [2.75, 3.05) is 39.4 Å². The van der Waals surface area contributed by atoms with Crippen LogP contribution in [0.15, 0.2) is 41.2 Å². The molecule has 0 saturated carbocycles. The number of H-pyrrole nitrogens is 1. The van der Waals surface area contributed by atoms with Crippen LogP contribution in [0.2, 0.25) is 0 Å². The molecule has 1 aliphatic heterocycles. The molecular formula is C22H27N3O5S. The zero-order valence-corrected chi connectivity index (χ0v) is 18.0. The number of thiazole rings is 1. The lowest BCUT2D eigenvalue weighted by atomic mass is 10.0. The van der Waals surface area contributed by atoms with E-state index in [-0.39, 0.29) is 28.2 Å². The van der Waals surface area contributed by atoms with E-state index in [0.29, 0.717) is 11.2 Å². The Morgan fingerprint density at radius 3 is 2.74 bits per heavy atom. The summed E-state index contributed by atoms with van der Waals surface area (Å²) in [5.41, 5.74) is 2.84. The van der Waals surface area contributed by atoms with E-state index in [4.69, 9.17) is 4.74 Å². The highest BCUT2D eigenvalue weighted by atomic mass is 32.1. The maximum absolute atomic E-state index is 11.7. The van der Waals surface area contributed by atoms with Crippen LogP contribution in [-0.2, 0) is 23.5 Å². The van der Waals surface area contributed by atoms with Crippen LogP contribution in [0.25, 0.3) is 10.2 Å². The van der Waals surface area contributed by atoms with Gasteiger partial charge in [0.1, 0.15) is 11.3 Å². The number of morpholine rings is 1. The lowest BCUT2D eigenvalue weighted by Crippen LogP contribution is -2.38. The molecule has 8 nitrogen and oxygen atoms in total. The van der Waals surface area contributed by atoms with Crippen molar-refractivity contribution in [3.8, 4) is 5.75 Å². The summed E-state index contributed by atoms with van der Waals surface area (Å²) in [6.07, 6.45) is 0.746. The summed E-state index contributed by atoms with van der Waals surface area (Å²) in [6, 6.07) is 11.2. The molecule has 1 fully saturated rings. The Kier molecular flexibility index (Phi) is 6.71. The number of benzene rings is 2. The zero-order valence-electron chi connectivity index (χ0n) is 17.1. The third-order valence-corrected chi connectivity index (χ3v) is 6.37. The highest BCUT2D eigenvalue weighted by Gasteiger charge is 2.29. The molecule has 0 bridgehead atoms. The zero-order chi connectivity index (χ0) is 21.8. The van der Waals surface area contributed by atoms with Crippen molar-refractivity contribution in [2.45, 2.75) is 18.8 Å². The standard InChI is InChI=1S/C22H27N3O5S/c26-18-5-4-17(20-19(18)24-21(27)31-20)22(28,29)14-23-7-6-15-2-1-3-16(12-15)13-25-8-10-30-11-9-25/h1-5,12,23,26,28-29H,6-11,13-14H2,(H,24,27). The summed E-state index contributed by atoms with van der Waals surface area (Å²) in [7, 11) is 0. The second kappa shape index (κ2) is 9.47. The Morgan fingerprint density at radius 2 is 1.94 bits per heavy atom. The molecule has 2 aromatic carbocycles. The molecule has 166 valence electrons. The van der Waals surface area contributed by atoms with Gasteiger partial charge in [0.05, 0.1) is 24.5 Å². The van der Waals surface area contributed by atoms with Crippen molar-refractivity contribution in [1.82, 2.24) is 15.2 Å². The van der Waals surface area contributed by atoms with E-state index in [1.54, 1.807) is 0 Å². The summed E-state index contributed by atoms with van der Waals surface area (Å²) in [4.78, 5) is 16.2. The predicted molar refractivity (Wildman–Crippen MR) is 119 cm³/mol. The molecular weight excluding hydrogens is 418 g/mol. The molecule has 1 aliphatic rings. The highest BCUT2D eigenvalue weighted by molar-refractivity contribution is 7.16. The molecule has 3 aromatic rings. The molecule has 1 aromatic heterocycles. The monoisotopic (exact) mass is 445 g/mol. The molecule has 0 atom stereocenters. The summed E-state index contributed by atoms with van der Waals surface area (Å²) >= 11 is 0.841. The number of ether oxygens (including phenoxy) is 1. The van der Waals surface area contributed by atoms with Gasteiger partial charge in [0, 0.05) is 25.2 Å². The maximum atomic E-state index is 11.7. The minimum Gasteiger partial charge on any atom is -0.506 e. The Balaban J connectivity index is 1.34. The number of aromatic amines is 1. The van der Waals surface area contributed by atoms with E-state index in [0.717, 1.165) is 50.6 Å². The number of hydrogen-bond acceptors (Lipinski definition) is 8. The summed E-state index contributed by atoms with van der Waals surface area (Å²) in [5.74, 6) is -2.27. The van der Waals surface area contributed by atoms with Crippen LogP contribution in [-0.4, -0.2) is 64.6 Å². The fourth-order valence-electron chi connectivity index (χ4n) is 3.83. The second-order valence-electron chi connectivity index (χ2n) is 7.80. The Hall–Kier alpha value is -2.27. The number of fused-ring (bicyclic) bond motifs is 1. The van der Waals surface area contributed by atoms with E-state index in [2.05, 4.69) is 39.5 Å². The van der Waals surface area contributed by atoms with Crippen LogP contribution in [0, 0.1) is 0 Å². The van der Waals surface area contributed by atoms with Crippen LogP contribution < -0.4 is 10.2 Å². The number of hydrogen-bond donors (Lipinski definition) is 5. The third kappa shape index (κ3) is 5.32. The van der Waals surface area contributed by atoms with Gasteiger partial charge in [0.15, 0.2) is 0 Å². The lowest BCUT2D eigenvalue weighted by molar-refractivity contribution is -0.164. The van der Waals surface area contributed by atoms with Crippen molar-refractivity contribution in [1.29, 1.82) is 0 Å². The average molecular weight is 446 g/mol. The molecule has 9 heteroatoms. The van der Waals surface area contributed by atoms with Gasteiger partial charge in [-0.1, -0.05) is 35.6 Å². The predicted octanol–water partition coefficient (Wildman–Crippen LogP) is 1.10. The van der Waals surface area contributed by atoms with Crippen molar-refractivity contribution >= 4 is 21.6 Å². The van der Waals surface area contributed by atoms with Crippen LogP contribution in [0.1, 0.15) is 16.7 Å².